The molecule has 0 aliphatic carbocycles. The molecule has 0 radical (unpaired) electrons. The van der Waals surface area contributed by atoms with Crippen LogP contribution in [0.2, 0.25) is 0 Å². The summed E-state index contributed by atoms with van der Waals surface area (Å²) in [7, 11) is 1.99. The van der Waals surface area contributed by atoms with Gasteiger partial charge < -0.3 is 15.1 Å². The second kappa shape index (κ2) is 14.7. The van der Waals surface area contributed by atoms with Crippen molar-refractivity contribution in [1.29, 1.82) is 0 Å². The van der Waals surface area contributed by atoms with Crippen LogP contribution in [0.25, 0.3) is 0 Å². The van der Waals surface area contributed by atoms with Gasteiger partial charge >= 0.3 is 6.03 Å². The van der Waals surface area contributed by atoms with Crippen LogP contribution in [0, 0.1) is 0 Å². The van der Waals surface area contributed by atoms with Gasteiger partial charge in [-0.15, -0.1) is 0 Å². The van der Waals surface area contributed by atoms with Crippen molar-refractivity contribution in [2.24, 2.45) is 0 Å². The maximum Gasteiger partial charge on any atom is 0.318 e. The van der Waals surface area contributed by atoms with Crippen LogP contribution in [0.4, 0.5) is 4.79 Å². The van der Waals surface area contributed by atoms with Crippen molar-refractivity contribution < 1.29 is 14.4 Å². The summed E-state index contributed by atoms with van der Waals surface area (Å²) in [5.74, 6) is 0.675. The fraction of sp³-hybridized carbons (Fsp3) is 0.464. The second-order valence-corrected chi connectivity index (χ2v) is 10.5. The molecule has 3 rings (SSSR count). The van der Waals surface area contributed by atoms with E-state index in [1.807, 2.05) is 60.5 Å². The molecule has 1 atom stereocenters. The van der Waals surface area contributed by atoms with Crippen molar-refractivity contribution in [3.63, 3.8) is 0 Å². The number of carbonyl (C=O) groups is 3. The summed E-state index contributed by atoms with van der Waals surface area (Å²) in [5, 5.41) is 3.21. The first-order valence-electron chi connectivity index (χ1n) is 12.7. The molecule has 0 aromatic heterocycles. The first-order valence-corrected chi connectivity index (χ1v) is 13.7. The van der Waals surface area contributed by atoms with E-state index in [9.17, 15) is 14.4 Å². The third-order valence-corrected chi connectivity index (χ3v) is 7.24. The highest BCUT2D eigenvalue weighted by molar-refractivity contribution is 8.13. The van der Waals surface area contributed by atoms with Crippen molar-refractivity contribution in [1.82, 2.24) is 20.0 Å². The summed E-state index contributed by atoms with van der Waals surface area (Å²) in [5.41, 5.74) is 2.32. The zero-order valence-electron chi connectivity index (χ0n) is 21.4. The molecule has 1 saturated heterocycles. The number of hydrogen-bond donors (Lipinski definition) is 1. The first-order chi connectivity index (χ1) is 17.4. The summed E-state index contributed by atoms with van der Waals surface area (Å²) in [6, 6.07) is 20.0. The summed E-state index contributed by atoms with van der Waals surface area (Å²) >= 11 is 1.23. The van der Waals surface area contributed by atoms with Gasteiger partial charge in [-0.25, -0.2) is 4.79 Å². The number of amides is 3. The molecular formula is C28H38N4O3S. The van der Waals surface area contributed by atoms with Gasteiger partial charge in [0.2, 0.25) is 5.91 Å². The molecule has 36 heavy (non-hydrogen) atoms. The van der Waals surface area contributed by atoms with E-state index >= 15 is 0 Å². The highest BCUT2D eigenvalue weighted by Gasteiger charge is 2.28. The molecule has 1 N–H and O–H groups in total. The lowest BCUT2D eigenvalue weighted by atomic mass is 10.1. The smallest absolute Gasteiger partial charge is 0.318 e. The fourth-order valence-corrected chi connectivity index (χ4v) is 4.90. The number of benzene rings is 2. The fourth-order valence-electron chi connectivity index (χ4n) is 4.30. The van der Waals surface area contributed by atoms with E-state index in [1.54, 1.807) is 11.8 Å². The molecular weight excluding hydrogens is 472 g/mol. The van der Waals surface area contributed by atoms with Gasteiger partial charge in [-0.05, 0) is 37.4 Å². The van der Waals surface area contributed by atoms with Crippen molar-refractivity contribution in [3.8, 4) is 0 Å². The van der Waals surface area contributed by atoms with Gasteiger partial charge in [0.05, 0.1) is 6.54 Å². The number of carbonyl (C=O) groups excluding carboxylic acids is 3. The van der Waals surface area contributed by atoms with Crippen LogP contribution < -0.4 is 5.32 Å². The van der Waals surface area contributed by atoms with E-state index in [2.05, 4.69) is 22.3 Å². The Morgan fingerprint density at radius 3 is 2.22 bits per heavy atom. The third-order valence-electron chi connectivity index (χ3n) is 6.44. The standard InChI is InChI=1S/C28H38N4O3S/c1-23(33)36-21-20-31(19-16-25-12-7-4-8-13-25)28(35)29-26-22-32(18-9-17-30(26)2)27(34)15-14-24-10-5-3-6-11-24/h3-8,10-13,26H,9,14-22H2,1-2H3,(H,29,35). The van der Waals surface area contributed by atoms with Crippen molar-refractivity contribution >= 4 is 28.8 Å². The van der Waals surface area contributed by atoms with E-state index in [-0.39, 0.29) is 23.2 Å². The van der Waals surface area contributed by atoms with Crippen molar-refractivity contribution in [2.75, 3.05) is 45.5 Å². The SMILES string of the molecule is CC(=O)SCCN(CCc1ccccc1)C(=O)NC1CN(C(=O)CCc2ccccc2)CCCN1C. The molecule has 0 spiro atoms. The molecule has 1 heterocycles. The van der Waals surface area contributed by atoms with E-state index in [0.29, 0.717) is 44.8 Å². The van der Waals surface area contributed by atoms with Gasteiger partial charge in [-0.3, -0.25) is 14.5 Å². The Morgan fingerprint density at radius 1 is 0.944 bits per heavy atom. The molecule has 0 bridgehead atoms. The number of urea groups is 1. The van der Waals surface area contributed by atoms with Crippen LogP contribution >= 0.6 is 11.8 Å². The van der Waals surface area contributed by atoms with E-state index < -0.39 is 0 Å². The minimum absolute atomic E-state index is 0.0478. The predicted molar refractivity (Wildman–Crippen MR) is 146 cm³/mol. The molecule has 1 aliphatic heterocycles. The Morgan fingerprint density at radius 2 is 1.58 bits per heavy atom. The monoisotopic (exact) mass is 510 g/mol. The molecule has 1 unspecified atom stereocenters. The van der Waals surface area contributed by atoms with Crippen LogP contribution in [-0.2, 0) is 22.4 Å². The maximum absolute atomic E-state index is 13.3. The minimum Gasteiger partial charge on any atom is -0.339 e. The van der Waals surface area contributed by atoms with Crippen molar-refractivity contribution in [3.05, 3.63) is 71.8 Å². The van der Waals surface area contributed by atoms with Crippen LogP contribution in [0.5, 0.6) is 0 Å². The van der Waals surface area contributed by atoms with E-state index in [1.165, 1.54) is 11.8 Å². The molecule has 1 fully saturated rings. The zero-order chi connectivity index (χ0) is 25.8. The van der Waals surface area contributed by atoms with Gasteiger partial charge in [0, 0.05) is 45.3 Å². The molecule has 3 amide bonds. The average Bonchev–Trinajstić information content (AvgIpc) is 3.06. The average molecular weight is 511 g/mol. The Hall–Kier alpha value is -2.84. The molecule has 2 aromatic carbocycles. The van der Waals surface area contributed by atoms with Gasteiger partial charge in [-0.2, -0.15) is 0 Å². The largest absolute Gasteiger partial charge is 0.339 e. The summed E-state index contributed by atoms with van der Waals surface area (Å²) < 4.78 is 0. The Bertz CT molecular complexity index is 973. The molecule has 1 aliphatic rings. The Kier molecular flexibility index (Phi) is 11.3. The lowest BCUT2D eigenvalue weighted by Crippen LogP contribution is -2.55. The quantitative estimate of drug-likeness (QED) is 0.528. The Balaban J connectivity index is 1.60. The lowest BCUT2D eigenvalue weighted by Gasteiger charge is -2.32. The number of nitrogens with zero attached hydrogens (tertiary/aromatic N) is 3. The predicted octanol–water partition coefficient (Wildman–Crippen LogP) is 3.64. The van der Waals surface area contributed by atoms with Gasteiger partial charge in [-0.1, -0.05) is 72.4 Å². The number of nitrogens with one attached hydrogen (secondary N) is 1. The summed E-state index contributed by atoms with van der Waals surface area (Å²) in [4.78, 5) is 43.6. The van der Waals surface area contributed by atoms with Crippen LogP contribution in [0.1, 0.15) is 30.9 Å². The van der Waals surface area contributed by atoms with Gasteiger partial charge in [0.15, 0.2) is 5.12 Å². The normalized spacial score (nSPS) is 16.3. The zero-order valence-corrected chi connectivity index (χ0v) is 22.2. The number of likely N-dealkylation sites (N-methyl/N-ethyl adjacent to an activating group) is 1. The molecule has 194 valence electrons. The van der Waals surface area contributed by atoms with Crippen LogP contribution in [0.15, 0.2) is 60.7 Å². The van der Waals surface area contributed by atoms with Crippen LogP contribution in [0.3, 0.4) is 0 Å². The molecule has 0 saturated carbocycles. The minimum atomic E-state index is -0.264. The first kappa shape index (κ1) is 27.7. The molecule has 8 heteroatoms. The molecule has 2 aromatic rings. The topological polar surface area (TPSA) is 73.0 Å². The Labute approximate surface area is 219 Å². The maximum atomic E-state index is 13.3. The molecule has 7 nitrogen and oxygen atoms in total. The summed E-state index contributed by atoms with van der Waals surface area (Å²) in [6.07, 6.45) is 2.51. The number of thioether (sulfide) groups is 1. The second-order valence-electron chi connectivity index (χ2n) is 9.19. The summed E-state index contributed by atoms with van der Waals surface area (Å²) in [6.45, 7) is 4.55. The highest BCUT2D eigenvalue weighted by atomic mass is 32.2. The third kappa shape index (κ3) is 9.32. The van der Waals surface area contributed by atoms with E-state index in [0.717, 1.165) is 30.5 Å². The van der Waals surface area contributed by atoms with Gasteiger partial charge in [0.25, 0.3) is 0 Å². The highest BCUT2D eigenvalue weighted by Crippen LogP contribution is 2.12. The van der Waals surface area contributed by atoms with Gasteiger partial charge in [0.1, 0.15) is 6.17 Å². The van der Waals surface area contributed by atoms with Crippen molar-refractivity contribution in [2.45, 2.75) is 38.8 Å². The lowest BCUT2D eigenvalue weighted by molar-refractivity contribution is -0.131. The number of aryl methyl sites for hydroxylation is 1. The van der Waals surface area contributed by atoms with E-state index in [4.69, 9.17) is 0 Å². The number of hydrogen-bond acceptors (Lipinski definition) is 5. The number of rotatable bonds is 10. The van der Waals surface area contributed by atoms with Crippen LogP contribution in [-0.4, -0.2) is 83.4 Å².